The van der Waals surface area contributed by atoms with E-state index in [-0.39, 0.29) is 6.42 Å². The predicted octanol–water partition coefficient (Wildman–Crippen LogP) is 1.10. The summed E-state index contributed by atoms with van der Waals surface area (Å²) in [5.41, 5.74) is 3.78. The second-order valence-corrected chi connectivity index (χ2v) is 5.05. The molecule has 0 bridgehead atoms. The summed E-state index contributed by atoms with van der Waals surface area (Å²) in [6.07, 6.45) is -0.194. The van der Waals surface area contributed by atoms with Crippen molar-refractivity contribution in [3.63, 3.8) is 0 Å². The highest BCUT2D eigenvalue weighted by Gasteiger charge is 2.38. The van der Waals surface area contributed by atoms with Gasteiger partial charge >= 0.3 is 0 Å². The molecule has 1 aromatic carbocycles. The number of aryl methyl sites for hydroxylation is 1. The zero-order valence-electron chi connectivity index (χ0n) is 11.1. The Labute approximate surface area is 121 Å². The van der Waals surface area contributed by atoms with E-state index in [2.05, 4.69) is 10.7 Å². The number of halogens is 1. The third kappa shape index (κ3) is 2.91. The van der Waals surface area contributed by atoms with Crippen LogP contribution in [0.1, 0.15) is 12.0 Å². The van der Waals surface area contributed by atoms with Crippen LogP contribution in [-0.2, 0) is 14.4 Å². The molecular formula is C13H14ClN3O3. The van der Waals surface area contributed by atoms with Crippen molar-refractivity contribution in [1.29, 1.82) is 0 Å². The van der Waals surface area contributed by atoms with Crippen molar-refractivity contribution in [2.24, 2.45) is 5.92 Å². The number of nitrogens with zero attached hydrogens (tertiary/aromatic N) is 1. The number of amides is 3. The Kier molecular flexibility index (Phi) is 3.94. The monoisotopic (exact) mass is 295 g/mol. The minimum atomic E-state index is -0.971. The van der Waals surface area contributed by atoms with E-state index >= 15 is 0 Å². The first-order valence-electron chi connectivity index (χ1n) is 6.02. The Morgan fingerprint density at radius 3 is 2.70 bits per heavy atom. The summed E-state index contributed by atoms with van der Waals surface area (Å²) in [5.74, 6) is -2.25. The van der Waals surface area contributed by atoms with Crippen LogP contribution >= 0.6 is 11.6 Å². The fourth-order valence-corrected chi connectivity index (χ4v) is 2.07. The predicted molar refractivity (Wildman–Crippen MR) is 73.8 cm³/mol. The molecule has 2 rings (SSSR count). The molecule has 20 heavy (non-hydrogen) atoms. The van der Waals surface area contributed by atoms with Gasteiger partial charge in [0, 0.05) is 24.2 Å². The van der Waals surface area contributed by atoms with Crippen LogP contribution in [0.2, 0.25) is 5.02 Å². The molecule has 0 aliphatic carbocycles. The van der Waals surface area contributed by atoms with Crippen LogP contribution in [0.25, 0.3) is 0 Å². The highest BCUT2D eigenvalue weighted by atomic mass is 35.5. The van der Waals surface area contributed by atoms with Gasteiger partial charge in [-0.2, -0.15) is 0 Å². The number of anilines is 1. The van der Waals surface area contributed by atoms with Crippen LogP contribution in [0, 0.1) is 12.8 Å². The molecule has 3 amide bonds. The molecule has 6 nitrogen and oxygen atoms in total. The van der Waals surface area contributed by atoms with Gasteiger partial charge < -0.3 is 5.32 Å². The molecule has 0 radical (unpaired) electrons. The van der Waals surface area contributed by atoms with E-state index in [1.54, 1.807) is 18.2 Å². The van der Waals surface area contributed by atoms with Crippen molar-refractivity contribution in [3.05, 3.63) is 28.8 Å². The average Bonchev–Trinajstić information content (AvgIpc) is 2.61. The maximum Gasteiger partial charge on any atom is 0.253 e. The third-order valence-corrected chi connectivity index (χ3v) is 3.48. The van der Waals surface area contributed by atoms with E-state index in [4.69, 9.17) is 11.6 Å². The first-order chi connectivity index (χ1) is 9.38. The number of hydrogen-bond acceptors (Lipinski definition) is 3. The van der Waals surface area contributed by atoms with Gasteiger partial charge in [-0.25, -0.2) is 0 Å². The van der Waals surface area contributed by atoms with Crippen molar-refractivity contribution in [2.45, 2.75) is 13.3 Å². The smallest absolute Gasteiger partial charge is 0.253 e. The van der Waals surface area contributed by atoms with Gasteiger partial charge in [0.15, 0.2) is 0 Å². The van der Waals surface area contributed by atoms with Crippen molar-refractivity contribution in [2.75, 3.05) is 12.4 Å². The first kappa shape index (κ1) is 14.3. The first-order valence-corrected chi connectivity index (χ1v) is 6.40. The molecule has 1 aromatic rings. The summed E-state index contributed by atoms with van der Waals surface area (Å²) < 4.78 is 0. The number of benzene rings is 1. The molecular weight excluding hydrogens is 282 g/mol. The maximum absolute atomic E-state index is 11.9. The van der Waals surface area contributed by atoms with Crippen LogP contribution in [0.3, 0.4) is 0 Å². The Hall–Kier alpha value is -2.08. The lowest BCUT2D eigenvalue weighted by Crippen LogP contribution is -2.31. The molecule has 1 atom stereocenters. The summed E-state index contributed by atoms with van der Waals surface area (Å²) in [6.45, 7) is 1.85. The van der Waals surface area contributed by atoms with E-state index in [1.807, 2.05) is 6.92 Å². The largest absolute Gasteiger partial charge is 0.326 e. The number of hydrazine groups is 1. The SMILES string of the molecule is Cc1ccc(NC(=O)CC2C(=O)NN(C)C2=O)cc1Cl. The fourth-order valence-electron chi connectivity index (χ4n) is 1.89. The van der Waals surface area contributed by atoms with Crippen LogP contribution in [0.5, 0.6) is 0 Å². The Balaban J connectivity index is 2.00. The molecule has 1 aliphatic heterocycles. The zero-order chi connectivity index (χ0) is 14.9. The summed E-state index contributed by atoms with van der Waals surface area (Å²) >= 11 is 5.96. The Bertz CT molecular complexity index is 588. The van der Waals surface area contributed by atoms with E-state index < -0.39 is 23.6 Å². The highest BCUT2D eigenvalue weighted by molar-refractivity contribution is 6.31. The lowest BCUT2D eigenvalue weighted by molar-refractivity contribution is -0.134. The maximum atomic E-state index is 11.9. The van der Waals surface area contributed by atoms with Gasteiger partial charge in [-0.3, -0.25) is 24.8 Å². The Morgan fingerprint density at radius 1 is 1.45 bits per heavy atom. The van der Waals surface area contributed by atoms with Gasteiger partial charge in [-0.15, -0.1) is 0 Å². The normalized spacial score (nSPS) is 18.1. The summed E-state index contributed by atoms with van der Waals surface area (Å²) in [4.78, 5) is 35.0. The van der Waals surface area contributed by atoms with Crippen LogP contribution in [0.15, 0.2) is 18.2 Å². The van der Waals surface area contributed by atoms with Gasteiger partial charge in [-0.05, 0) is 24.6 Å². The molecule has 0 aromatic heterocycles. The van der Waals surface area contributed by atoms with Crippen LogP contribution in [0.4, 0.5) is 5.69 Å². The summed E-state index contributed by atoms with van der Waals surface area (Å²) in [5, 5.41) is 4.24. The highest BCUT2D eigenvalue weighted by Crippen LogP contribution is 2.21. The van der Waals surface area contributed by atoms with E-state index in [9.17, 15) is 14.4 Å². The molecule has 1 fully saturated rings. The fraction of sp³-hybridized carbons (Fsp3) is 0.308. The number of carbonyl (C=O) groups is 3. The van der Waals surface area contributed by atoms with Gasteiger partial charge in [0.25, 0.3) is 11.8 Å². The molecule has 1 heterocycles. The second kappa shape index (κ2) is 5.50. The van der Waals surface area contributed by atoms with Crippen LogP contribution in [-0.4, -0.2) is 29.8 Å². The van der Waals surface area contributed by atoms with Gasteiger partial charge in [0.1, 0.15) is 5.92 Å². The standard InChI is InChI=1S/C13H14ClN3O3/c1-7-3-4-8(5-10(7)14)15-11(18)6-9-12(19)16-17(2)13(9)20/h3-5,9H,6H2,1-2H3,(H,15,18)(H,16,19). The molecule has 0 spiro atoms. The molecule has 0 saturated carbocycles. The summed E-state index contributed by atoms with van der Waals surface area (Å²) in [6, 6.07) is 5.11. The number of rotatable bonds is 3. The molecule has 2 N–H and O–H groups in total. The number of carbonyl (C=O) groups excluding carboxylic acids is 3. The minimum Gasteiger partial charge on any atom is -0.326 e. The van der Waals surface area contributed by atoms with Crippen molar-refractivity contribution < 1.29 is 14.4 Å². The number of hydrogen-bond donors (Lipinski definition) is 2. The zero-order valence-corrected chi connectivity index (χ0v) is 11.8. The molecule has 1 aliphatic rings. The van der Waals surface area contributed by atoms with Gasteiger partial charge in [0.05, 0.1) is 0 Å². The quantitative estimate of drug-likeness (QED) is 0.820. The number of nitrogens with one attached hydrogen (secondary N) is 2. The van der Waals surface area contributed by atoms with Gasteiger partial charge in [0.2, 0.25) is 5.91 Å². The van der Waals surface area contributed by atoms with Crippen molar-refractivity contribution in [1.82, 2.24) is 10.4 Å². The molecule has 106 valence electrons. The topological polar surface area (TPSA) is 78.5 Å². The lowest BCUT2D eigenvalue weighted by atomic mass is 10.0. The van der Waals surface area contributed by atoms with E-state index in [0.29, 0.717) is 10.7 Å². The summed E-state index contributed by atoms with van der Waals surface area (Å²) in [7, 11) is 1.44. The second-order valence-electron chi connectivity index (χ2n) is 4.64. The average molecular weight is 296 g/mol. The molecule has 1 unspecified atom stereocenters. The molecule has 7 heteroatoms. The van der Waals surface area contributed by atoms with Gasteiger partial charge in [-0.1, -0.05) is 17.7 Å². The van der Waals surface area contributed by atoms with E-state index in [1.165, 1.54) is 7.05 Å². The molecule has 1 saturated heterocycles. The van der Waals surface area contributed by atoms with E-state index in [0.717, 1.165) is 10.6 Å². The minimum absolute atomic E-state index is 0.194. The lowest BCUT2D eigenvalue weighted by Gasteiger charge is -2.09. The third-order valence-electron chi connectivity index (χ3n) is 3.07. The van der Waals surface area contributed by atoms with Crippen LogP contribution < -0.4 is 10.7 Å². The van der Waals surface area contributed by atoms with Crippen molar-refractivity contribution >= 4 is 35.0 Å². The van der Waals surface area contributed by atoms with Crippen molar-refractivity contribution in [3.8, 4) is 0 Å². The Morgan fingerprint density at radius 2 is 2.15 bits per heavy atom.